The molecule has 2 heterocycles. The Balaban J connectivity index is 1.54. The number of nitrogens with one attached hydrogen (secondary N) is 1. The molecule has 0 saturated carbocycles. The minimum absolute atomic E-state index is 0.0262. The van der Waals surface area contributed by atoms with Crippen molar-refractivity contribution < 1.29 is 9.59 Å². The van der Waals surface area contributed by atoms with E-state index in [4.69, 9.17) is 0 Å². The second-order valence-electron chi connectivity index (χ2n) is 9.21. The Kier molecular flexibility index (Phi) is 7.70. The maximum Gasteiger partial charge on any atom is 0.246 e. The van der Waals surface area contributed by atoms with Gasteiger partial charge in [0.1, 0.15) is 11.6 Å². The van der Waals surface area contributed by atoms with Crippen LogP contribution >= 0.6 is 0 Å². The predicted molar refractivity (Wildman–Crippen MR) is 121 cm³/mol. The first-order valence-corrected chi connectivity index (χ1v) is 11.5. The summed E-state index contributed by atoms with van der Waals surface area (Å²) < 4.78 is 0. The smallest absolute Gasteiger partial charge is 0.246 e. The SMILES string of the molecule is C=CCN1C(=O)[C@H](CC(C)C)NC(=O)C12CCN(CCCCc1ccccc1)CC2. The zero-order chi connectivity index (χ0) is 21.6. The third-order valence-corrected chi connectivity index (χ3v) is 6.54. The number of aryl methyl sites for hydroxylation is 1. The number of carbonyl (C=O) groups is 2. The largest absolute Gasteiger partial charge is 0.342 e. The fraction of sp³-hybridized carbons (Fsp3) is 0.600. The zero-order valence-corrected chi connectivity index (χ0v) is 18.6. The minimum atomic E-state index is -0.709. The topological polar surface area (TPSA) is 52.7 Å². The molecule has 0 bridgehead atoms. The van der Waals surface area contributed by atoms with Crippen LogP contribution in [-0.4, -0.2) is 59.4 Å². The van der Waals surface area contributed by atoms with Gasteiger partial charge < -0.3 is 15.1 Å². The lowest BCUT2D eigenvalue weighted by molar-refractivity contribution is -0.160. The number of unbranched alkanes of at least 4 members (excludes halogenated alkanes) is 1. The van der Waals surface area contributed by atoms with E-state index in [-0.39, 0.29) is 11.8 Å². The molecular weight excluding hydrogens is 374 g/mol. The lowest BCUT2D eigenvalue weighted by Gasteiger charge is -2.51. The number of amides is 2. The van der Waals surface area contributed by atoms with Crippen molar-refractivity contribution in [2.75, 3.05) is 26.2 Å². The van der Waals surface area contributed by atoms with Gasteiger partial charge in [0, 0.05) is 19.6 Å². The molecule has 164 valence electrons. The molecule has 1 N–H and O–H groups in total. The Morgan fingerprint density at radius 1 is 1.17 bits per heavy atom. The fourth-order valence-electron chi connectivity index (χ4n) is 4.85. The number of piperidine rings is 1. The molecule has 1 atom stereocenters. The van der Waals surface area contributed by atoms with Gasteiger partial charge >= 0.3 is 0 Å². The maximum absolute atomic E-state index is 13.2. The molecule has 0 aromatic heterocycles. The first kappa shape index (κ1) is 22.5. The molecular formula is C25H37N3O2. The van der Waals surface area contributed by atoms with E-state index in [9.17, 15) is 9.59 Å². The highest BCUT2D eigenvalue weighted by molar-refractivity contribution is 6.00. The quantitative estimate of drug-likeness (QED) is 0.500. The van der Waals surface area contributed by atoms with Crippen LogP contribution < -0.4 is 5.32 Å². The minimum Gasteiger partial charge on any atom is -0.342 e. The summed E-state index contributed by atoms with van der Waals surface area (Å²) in [5, 5.41) is 3.05. The second-order valence-corrected chi connectivity index (χ2v) is 9.21. The maximum atomic E-state index is 13.2. The van der Waals surface area contributed by atoms with E-state index in [1.807, 2.05) is 4.90 Å². The van der Waals surface area contributed by atoms with Gasteiger partial charge in [-0.3, -0.25) is 9.59 Å². The van der Waals surface area contributed by atoms with Crippen molar-refractivity contribution in [3.05, 3.63) is 48.6 Å². The Morgan fingerprint density at radius 3 is 2.50 bits per heavy atom. The Hall–Kier alpha value is -2.14. The Labute approximate surface area is 181 Å². The van der Waals surface area contributed by atoms with Gasteiger partial charge in [0.2, 0.25) is 11.8 Å². The molecule has 5 heteroatoms. The summed E-state index contributed by atoms with van der Waals surface area (Å²) in [5.74, 6) is 0.439. The molecule has 2 fully saturated rings. The highest BCUT2D eigenvalue weighted by atomic mass is 16.2. The highest BCUT2D eigenvalue weighted by Gasteiger charge is 2.53. The van der Waals surface area contributed by atoms with Crippen LogP contribution in [0.4, 0.5) is 0 Å². The molecule has 2 saturated heterocycles. The van der Waals surface area contributed by atoms with Crippen molar-refractivity contribution in [3.63, 3.8) is 0 Å². The van der Waals surface area contributed by atoms with E-state index in [0.29, 0.717) is 31.7 Å². The summed E-state index contributed by atoms with van der Waals surface area (Å²) in [5.41, 5.74) is 0.683. The standard InChI is InChI=1S/C25H37N3O2/c1-4-15-28-23(29)22(19-20(2)3)26-24(30)25(28)13-17-27(18-14-25)16-9-8-12-21-10-6-5-7-11-21/h4-7,10-11,20,22H,1,8-9,12-19H2,2-3H3,(H,26,30)/t22-/m0/s1. The molecule has 1 aromatic carbocycles. The molecule has 0 unspecified atom stereocenters. The van der Waals surface area contributed by atoms with Crippen LogP contribution in [0.1, 0.15) is 51.5 Å². The lowest BCUT2D eigenvalue weighted by atomic mass is 9.81. The van der Waals surface area contributed by atoms with Gasteiger partial charge in [0.05, 0.1) is 0 Å². The van der Waals surface area contributed by atoms with E-state index >= 15 is 0 Å². The molecule has 30 heavy (non-hydrogen) atoms. The van der Waals surface area contributed by atoms with Crippen molar-refractivity contribution in [2.45, 2.75) is 64.0 Å². The van der Waals surface area contributed by atoms with Crippen molar-refractivity contribution in [1.29, 1.82) is 0 Å². The van der Waals surface area contributed by atoms with Crippen LogP contribution in [0.2, 0.25) is 0 Å². The van der Waals surface area contributed by atoms with Gasteiger partial charge in [-0.1, -0.05) is 50.3 Å². The third-order valence-electron chi connectivity index (χ3n) is 6.54. The summed E-state index contributed by atoms with van der Waals surface area (Å²) in [6.45, 7) is 11.2. The number of carbonyl (C=O) groups excluding carboxylic acids is 2. The number of likely N-dealkylation sites (tertiary alicyclic amines) is 1. The number of benzene rings is 1. The summed E-state index contributed by atoms with van der Waals surface area (Å²) in [7, 11) is 0. The van der Waals surface area contributed by atoms with Gasteiger partial charge in [-0.05, 0) is 56.6 Å². The average molecular weight is 412 g/mol. The van der Waals surface area contributed by atoms with Crippen molar-refractivity contribution in [2.24, 2.45) is 5.92 Å². The normalized spacial score (nSPS) is 21.8. The van der Waals surface area contributed by atoms with Crippen LogP contribution in [-0.2, 0) is 16.0 Å². The Morgan fingerprint density at radius 2 is 1.87 bits per heavy atom. The summed E-state index contributed by atoms with van der Waals surface area (Å²) in [6, 6.07) is 10.2. The van der Waals surface area contributed by atoms with E-state index in [2.05, 4.69) is 61.0 Å². The number of piperazine rings is 1. The summed E-state index contributed by atoms with van der Waals surface area (Å²) in [4.78, 5) is 30.6. The molecule has 0 aliphatic carbocycles. The molecule has 3 rings (SSSR count). The summed E-state index contributed by atoms with van der Waals surface area (Å²) >= 11 is 0. The van der Waals surface area contributed by atoms with E-state index < -0.39 is 11.6 Å². The average Bonchev–Trinajstić information content (AvgIpc) is 2.74. The van der Waals surface area contributed by atoms with Gasteiger partial charge in [0.15, 0.2) is 0 Å². The molecule has 5 nitrogen and oxygen atoms in total. The van der Waals surface area contributed by atoms with Gasteiger partial charge in [-0.25, -0.2) is 0 Å². The number of rotatable bonds is 9. The van der Waals surface area contributed by atoms with Crippen LogP contribution in [0.3, 0.4) is 0 Å². The second kappa shape index (κ2) is 10.3. The predicted octanol–water partition coefficient (Wildman–Crippen LogP) is 3.40. The first-order chi connectivity index (χ1) is 14.5. The Bertz CT molecular complexity index is 723. The van der Waals surface area contributed by atoms with Crippen LogP contribution in [0.15, 0.2) is 43.0 Å². The lowest BCUT2D eigenvalue weighted by Crippen LogP contribution is -2.72. The molecule has 0 radical (unpaired) electrons. The molecule has 2 aliphatic heterocycles. The third kappa shape index (κ3) is 5.12. The number of hydrogen-bond donors (Lipinski definition) is 1. The van der Waals surface area contributed by atoms with Crippen molar-refractivity contribution in [1.82, 2.24) is 15.1 Å². The van der Waals surface area contributed by atoms with Gasteiger partial charge in [0.25, 0.3) is 0 Å². The molecule has 2 amide bonds. The van der Waals surface area contributed by atoms with Crippen molar-refractivity contribution >= 4 is 11.8 Å². The molecule has 1 spiro atoms. The highest BCUT2D eigenvalue weighted by Crippen LogP contribution is 2.34. The van der Waals surface area contributed by atoms with Gasteiger partial charge in [-0.15, -0.1) is 6.58 Å². The van der Waals surface area contributed by atoms with Crippen LogP contribution in [0, 0.1) is 5.92 Å². The van der Waals surface area contributed by atoms with E-state index in [1.165, 1.54) is 12.0 Å². The van der Waals surface area contributed by atoms with Crippen LogP contribution in [0.5, 0.6) is 0 Å². The number of hydrogen-bond acceptors (Lipinski definition) is 3. The zero-order valence-electron chi connectivity index (χ0n) is 18.6. The summed E-state index contributed by atoms with van der Waals surface area (Å²) in [6.07, 6.45) is 7.27. The molecule has 1 aromatic rings. The fourth-order valence-corrected chi connectivity index (χ4v) is 4.85. The van der Waals surface area contributed by atoms with E-state index in [1.54, 1.807) is 6.08 Å². The monoisotopic (exact) mass is 411 g/mol. The molecule has 2 aliphatic rings. The van der Waals surface area contributed by atoms with Gasteiger partial charge in [-0.2, -0.15) is 0 Å². The first-order valence-electron chi connectivity index (χ1n) is 11.5. The van der Waals surface area contributed by atoms with Crippen molar-refractivity contribution in [3.8, 4) is 0 Å². The number of nitrogens with zero attached hydrogens (tertiary/aromatic N) is 2. The van der Waals surface area contributed by atoms with E-state index in [0.717, 1.165) is 32.5 Å². The van der Waals surface area contributed by atoms with Crippen LogP contribution in [0.25, 0.3) is 0 Å².